The molecule has 0 aliphatic carbocycles. The van der Waals surface area contributed by atoms with E-state index in [0.29, 0.717) is 6.54 Å². The number of benzene rings is 1. The number of hydrogen-bond acceptors (Lipinski definition) is 2. The standard InChI is InChI=1S/C15H16N2O2/c1-12-5-3-4-10-17(12)11-15(18)16-13-6-8-14(19-2)9-7-13/h3-10H,11H2,1-2H3/p+1. The molecule has 0 spiro atoms. The fourth-order valence-corrected chi connectivity index (χ4v) is 1.77. The number of nitrogens with zero attached hydrogens (tertiary/aromatic N) is 1. The number of amides is 1. The lowest BCUT2D eigenvalue weighted by Crippen LogP contribution is -2.42. The predicted octanol–water partition coefficient (Wildman–Crippen LogP) is 1.93. The van der Waals surface area contributed by atoms with Gasteiger partial charge >= 0.3 is 0 Å². The summed E-state index contributed by atoms with van der Waals surface area (Å²) < 4.78 is 6.97. The Bertz CT molecular complexity index is 565. The highest BCUT2D eigenvalue weighted by Gasteiger charge is 2.11. The van der Waals surface area contributed by atoms with Gasteiger partial charge in [0.2, 0.25) is 6.54 Å². The van der Waals surface area contributed by atoms with Crippen molar-refractivity contribution in [2.24, 2.45) is 0 Å². The summed E-state index contributed by atoms with van der Waals surface area (Å²) in [5, 5.41) is 2.85. The molecule has 0 fully saturated rings. The number of ether oxygens (including phenoxy) is 1. The molecule has 0 unspecified atom stereocenters. The van der Waals surface area contributed by atoms with Gasteiger partial charge in [-0.2, -0.15) is 4.57 Å². The van der Waals surface area contributed by atoms with Crippen LogP contribution in [-0.2, 0) is 11.3 Å². The van der Waals surface area contributed by atoms with Crippen LogP contribution >= 0.6 is 0 Å². The number of carbonyl (C=O) groups is 1. The van der Waals surface area contributed by atoms with Crippen LogP contribution in [-0.4, -0.2) is 13.0 Å². The van der Waals surface area contributed by atoms with Crippen LogP contribution in [0.2, 0.25) is 0 Å². The van der Waals surface area contributed by atoms with Gasteiger partial charge in [0, 0.05) is 24.7 Å². The van der Waals surface area contributed by atoms with Gasteiger partial charge in [0.25, 0.3) is 5.91 Å². The van der Waals surface area contributed by atoms with E-state index in [1.165, 1.54) is 0 Å². The normalized spacial score (nSPS) is 10.0. The van der Waals surface area contributed by atoms with Crippen molar-refractivity contribution in [3.63, 3.8) is 0 Å². The molecule has 1 aromatic carbocycles. The van der Waals surface area contributed by atoms with E-state index in [9.17, 15) is 4.79 Å². The minimum absolute atomic E-state index is 0.0514. The van der Waals surface area contributed by atoms with Crippen LogP contribution in [0.15, 0.2) is 48.7 Å². The Hall–Kier alpha value is -2.36. The smallest absolute Gasteiger partial charge is 0.290 e. The molecule has 0 aliphatic heterocycles. The third kappa shape index (κ3) is 3.55. The molecule has 1 N–H and O–H groups in total. The Labute approximate surface area is 112 Å². The molecule has 4 heteroatoms. The van der Waals surface area contributed by atoms with Crippen LogP contribution in [0.5, 0.6) is 5.75 Å². The van der Waals surface area contributed by atoms with Gasteiger partial charge in [0.05, 0.1) is 7.11 Å². The van der Waals surface area contributed by atoms with Crippen LogP contribution in [0, 0.1) is 6.92 Å². The van der Waals surface area contributed by atoms with Gasteiger partial charge in [-0.1, -0.05) is 6.07 Å². The second-order valence-electron chi connectivity index (χ2n) is 4.25. The Morgan fingerprint density at radius 2 is 1.95 bits per heavy atom. The molecule has 0 atom stereocenters. The van der Waals surface area contributed by atoms with Crippen LogP contribution in [0.1, 0.15) is 5.69 Å². The van der Waals surface area contributed by atoms with Gasteiger partial charge in [-0.05, 0) is 24.3 Å². The lowest BCUT2D eigenvalue weighted by molar-refractivity contribution is -0.690. The third-order valence-corrected chi connectivity index (χ3v) is 2.86. The molecule has 2 rings (SSSR count). The molecule has 1 aromatic heterocycles. The molecule has 4 nitrogen and oxygen atoms in total. The van der Waals surface area contributed by atoms with Gasteiger partial charge in [0.1, 0.15) is 5.75 Å². The van der Waals surface area contributed by atoms with E-state index < -0.39 is 0 Å². The number of carbonyl (C=O) groups excluding carboxylic acids is 1. The van der Waals surface area contributed by atoms with Gasteiger partial charge in [-0.15, -0.1) is 0 Å². The Balaban J connectivity index is 1.99. The monoisotopic (exact) mass is 257 g/mol. The molecule has 0 radical (unpaired) electrons. The largest absolute Gasteiger partial charge is 0.497 e. The van der Waals surface area contributed by atoms with E-state index in [1.807, 2.05) is 60.2 Å². The van der Waals surface area contributed by atoms with Gasteiger partial charge in [0.15, 0.2) is 11.9 Å². The number of aromatic nitrogens is 1. The van der Waals surface area contributed by atoms with E-state index in [0.717, 1.165) is 17.1 Å². The van der Waals surface area contributed by atoms with Crippen molar-refractivity contribution < 1.29 is 14.1 Å². The molecule has 1 heterocycles. The highest BCUT2D eigenvalue weighted by atomic mass is 16.5. The second-order valence-corrected chi connectivity index (χ2v) is 4.25. The summed E-state index contributed by atoms with van der Waals surface area (Å²) in [6.07, 6.45) is 1.89. The van der Waals surface area contributed by atoms with Crippen molar-refractivity contribution in [1.82, 2.24) is 0 Å². The van der Waals surface area contributed by atoms with E-state index in [2.05, 4.69) is 5.32 Å². The zero-order chi connectivity index (χ0) is 13.7. The second kappa shape index (κ2) is 6.00. The van der Waals surface area contributed by atoms with Crippen LogP contribution in [0.4, 0.5) is 5.69 Å². The molecule has 1 amide bonds. The first kappa shape index (κ1) is 13.1. The highest BCUT2D eigenvalue weighted by molar-refractivity contribution is 5.89. The van der Waals surface area contributed by atoms with E-state index in [1.54, 1.807) is 7.11 Å². The van der Waals surface area contributed by atoms with Gasteiger partial charge < -0.3 is 10.1 Å². The van der Waals surface area contributed by atoms with Crippen molar-refractivity contribution in [3.05, 3.63) is 54.4 Å². The van der Waals surface area contributed by atoms with Crippen molar-refractivity contribution in [2.75, 3.05) is 12.4 Å². The lowest BCUT2D eigenvalue weighted by Gasteiger charge is -2.05. The van der Waals surface area contributed by atoms with E-state index in [4.69, 9.17) is 4.74 Å². The van der Waals surface area contributed by atoms with Crippen LogP contribution < -0.4 is 14.6 Å². The summed E-state index contributed by atoms with van der Waals surface area (Å²) in [6.45, 7) is 2.28. The number of aryl methyl sites for hydroxylation is 1. The van der Waals surface area contributed by atoms with Gasteiger partial charge in [-0.25, -0.2) is 0 Å². The first-order valence-electron chi connectivity index (χ1n) is 6.08. The molecule has 19 heavy (non-hydrogen) atoms. The minimum Gasteiger partial charge on any atom is -0.497 e. The number of pyridine rings is 1. The Morgan fingerprint density at radius 3 is 2.58 bits per heavy atom. The zero-order valence-corrected chi connectivity index (χ0v) is 11.1. The number of anilines is 1. The minimum atomic E-state index is -0.0514. The predicted molar refractivity (Wildman–Crippen MR) is 73.0 cm³/mol. The average Bonchev–Trinajstić information content (AvgIpc) is 2.42. The highest BCUT2D eigenvalue weighted by Crippen LogP contribution is 2.14. The first-order valence-corrected chi connectivity index (χ1v) is 6.08. The molecule has 0 aliphatic rings. The number of methoxy groups -OCH3 is 1. The summed E-state index contributed by atoms with van der Waals surface area (Å²) in [6, 6.07) is 13.1. The quantitative estimate of drug-likeness (QED) is 0.850. The molecule has 0 saturated carbocycles. The van der Waals surface area contributed by atoms with Crippen molar-refractivity contribution >= 4 is 11.6 Å². The maximum Gasteiger partial charge on any atom is 0.290 e. The molecular formula is C15H17N2O2+. The van der Waals surface area contributed by atoms with Crippen LogP contribution in [0.3, 0.4) is 0 Å². The van der Waals surface area contributed by atoms with Crippen molar-refractivity contribution in [3.8, 4) is 5.75 Å². The molecule has 0 saturated heterocycles. The summed E-state index contributed by atoms with van der Waals surface area (Å²) in [4.78, 5) is 11.9. The fourth-order valence-electron chi connectivity index (χ4n) is 1.77. The first-order chi connectivity index (χ1) is 9.19. The molecule has 0 bridgehead atoms. The zero-order valence-electron chi connectivity index (χ0n) is 11.1. The average molecular weight is 257 g/mol. The third-order valence-electron chi connectivity index (χ3n) is 2.86. The molecule has 2 aromatic rings. The summed E-state index contributed by atoms with van der Waals surface area (Å²) >= 11 is 0. The Kier molecular flexibility index (Phi) is 4.13. The topological polar surface area (TPSA) is 42.2 Å². The maximum atomic E-state index is 11.9. The Morgan fingerprint density at radius 1 is 1.21 bits per heavy atom. The van der Waals surface area contributed by atoms with E-state index >= 15 is 0 Å². The molecular weight excluding hydrogens is 240 g/mol. The molecule has 98 valence electrons. The van der Waals surface area contributed by atoms with Gasteiger partial charge in [-0.3, -0.25) is 4.79 Å². The van der Waals surface area contributed by atoms with Crippen LogP contribution in [0.25, 0.3) is 0 Å². The summed E-state index contributed by atoms with van der Waals surface area (Å²) in [7, 11) is 1.61. The lowest BCUT2D eigenvalue weighted by atomic mass is 10.3. The summed E-state index contributed by atoms with van der Waals surface area (Å²) in [5.41, 5.74) is 1.81. The number of rotatable bonds is 4. The summed E-state index contributed by atoms with van der Waals surface area (Å²) in [5.74, 6) is 0.718. The fraction of sp³-hybridized carbons (Fsp3) is 0.200. The van der Waals surface area contributed by atoms with Crippen molar-refractivity contribution in [2.45, 2.75) is 13.5 Å². The van der Waals surface area contributed by atoms with E-state index in [-0.39, 0.29) is 5.91 Å². The number of hydrogen-bond donors (Lipinski definition) is 1. The maximum absolute atomic E-state index is 11.9. The van der Waals surface area contributed by atoms with Crippen molar-refractivity contribution in [1.29, 1.82) is 0 Å². The number of nitrogens with one attached hydrogen (secondary N) is 1. The SMILES string of the molecule is COc1ccc(NC(=O)C[n+]2ccccc2C)cc1.